The molecule has 0 amide bonds. The molecule has 5 nitrogen and oxygen atoms in total. The highest BCUT2D eigenvalue weighted by atomic mass is 19.1. The summed E-state index contributed by atoms with van der Waals surface area (Å²) in [4.78, 5) is 6.66. The van der Waals surface area contributed by atoms with Crippen LogP contribution in [-0.2, 0) is 17.9 Å². The van der Waals surface area contributed by atoms with Gasteiger partial charge in [-0.3, -0.25) is 4.90 Å². The number of methoxy groups -OCH3 is 1. The van der Waals surface area contributed by atoms with Crippen LogP contribution >= 0.6 is 0 Å². The van der Waals surface area contributed by atoms with Gasteiger partial charge in [-0.25, -0.2) is 4.39 Å². The Morgan fingerprint density at radius 1 is 1.32 bits per heavy atom. The molecule has 0 spiro atoms. The first-order valence-corrected chi connectivity index (χ1v) is 7.56. The van der Waals surface area contributed by atoms with Gasteiger partial charge in [0.05, 0.1) is 6.54 Å². The molecule has 3 rings (SSSR count). The number of hydrogen-bond donors (Lipinski definition) is 0. The molecule has 1 aliphatic heterocycles. The second-order valence-corrected chi connectivity index (χ2v) is 5.57. The van der Waals surface area contributed by atoms with E-state index >= 15 is 0 Å². The normalized spacial score (nSPS) is 19.5. The SMILES string of the molecule is COCc1nc(CN2CCCCC2c2ccc(F)cc2)no1. The highest BCUT2D eigenvalue weighted by Crippen LogP contribution is 2.31. The van der Waals surface area contributed by atoms with Gasteiger partial charge in [-0.2, -0.15) is 4.98 Å². The Hall–Kier alpha value is -1.79. The topological polar surface area (TPSA) is 51.4 Å². The zero-order valence-electron chi connectivity index (χ0n) is 12.7. The fraction of sp³-hybridized carbons (Fsp3) is 0.500. The lowest BCUT2D eigenvalue weighted by Gasteiger charge is -2.35. The van der Waals surface area contributed by atoms with Crippen LogP contribution in [0.5, 0.6) is 0 Å². The molecule has 1 fully saturated rings. The van der Waals surface area contributed by atoms with E-state index in [1.165, 1.54) is 18.6 Å². The van der Waals surface area contributed by atoms with Gasteiger partial charge in [-0.05, 0) is 37.1 Å². The minimum Gasteiger partial charge on any atom is -0.375 e. The van der Waals surface area contributed by atoms with Gasteiger partial charge in [0.15, 0.2) is 5.82 Å². The van der Waals surface area contributed by atoms with Crippen molar-refractivity contribution in [3.63, 3.8) is 0 Å². The largest absolute Gasteiger partial charge is 0.375 e. The summed E-state index contributed by atoms with van der Waals surface area (Å²) in [6.45, 7) is 1.94. The van der Waals surface area contributed by atoms with Crippen molar-refractivity contribution in [2.24, 2.45) is 0 Å². The first-order valence-electron chi connectivity index (χ1n) is 7.56. The van der Waals surface area contributed by atoms with E-state index in [0.717, 1.165) is 24.9 Å². The van der Waals surface area contributed by atoms with Crippen molar-refractivity contribution in [1.82, 2.24) is 15.0 Å². The van der Waals surface area contributed by atoms with E-state index in [9.17, 15) is 4.39 Å². The Balaban J connectivity index is 1.72. The molecule has 2 heterocycles. The summed E-state index contributed by atoms with van der Waals surface area (Å²) in [5.74, 6) is 0.961. The molecule has 0 aliphatic carbocycles. The van der Waals surface area contributed by atoms with Crippen molar-refractivity contribution in [2.45, 2.75) is 38.5 Å². The van der Waals surface area contributed by atoms with Gasteiger partial charge in [-0.1, -0.05) is 23.7 Å². The Morgan fingerprint density at radius 3 is 2.91 bits per heavy atom. The van der Waals surface area contributed by atoms with Crippen molar-refractivity contribution in [1.29, 1.82) is 0 Å². The molecule has 22 heavy (non-hydrogen) atoms. The number of piperidine rings is 1. The number of likely N-dealkylation sites (tertiary alicyclic amines) is 1. The van der Waals surface area contributed by atoms with E-state index in [0.29, 0.717) is 24.9 Å². The summed E-state index contributed by atoms with van der Waals surface area (Å²) in [5.41, 5.74) is 1.14. The van der Waals surface area contributed by atoms with Gasteiger partial charge >= 0.3 is 0 Å². The molecule has 0 saturated carbocycles. The third-order valence-electron chi connectivity index (χ3n) is 3.99. The van der Waals surface area contributed by atoms with Gasteiger partial charge in [0.1, 0.15) is 12.4 Å². The van der Waals surface area contributed by atoms with Crippen molar-refractivity contribution in [3.8, 4) is 0 Å². The van der Waals surface area contributed by atoms with Gasteiger partial charge in [0.25, 0.3) is 5.89 Å². The molecule has 1 unspecified atom stereocenters. The molecule has 6 heteroatoms. The van der Waals surface area contributed by atoms with Crippen molar-refractivity contribution < 1.29 is 13.7 Å². The predicted octanol–water partition coefficient (Wildman–Crippen LogP) is 3.08. The lowest BCUT2D eigenvalue weighted by molar-refractivity contribution is 0.135. The number of benzene rings is 1. The molecule has 118 valence electrons. The molecule has 0 bridgehead atoms. The quantitative estimate of drug-likeness (QED) is 0.849. The third kappa shape index (κ3) is 3.51. The zero-order chi connectivity index (χ0) is 15.4. The average Bonchev–Trinajstić information content (AvgIpc) is 2.96. The molecule has 0 radical (unpaired) electrons. The van der Waals surface area contributed by atoms with Crippen LogP contribution in [0.3, 0.4) is 0 Å². The second-order valence-electron chi connectivity index (χ2n) is 5.57. The van der Waals surface area contributed by atoms with Gasteiger partial charge in [-0.15, -0.1) is 0 Å². The zero-order valence-corrected chi connectivity index (χ0v) is 12.7. The van der Waals surface area contributed by atoms with Gasteiger partial charge in [0.2, 0.25) is 0 Å². The molecule has 2 aromatic rings. The molecule has 1 aromatic heterocycles. The third-order valence-corrected chi connectivity index (χ3v) is 3.99. The summed E-state index contributed by atoms with van der Waals surface area (Å²) in [7, 11) is 1.60. The van der Waals surface area contributed by atoms with Crippen LogP contribution in [0.15, 0.2) is 28.8 Å². The maximum absolute atomic E-state index is 13.1. The summed E-state index contributed by atoms with van der Waals surface area (Å²) in [6, 6.07) is 7.05. The molecule has 1 aliphatic rings. The molecule has 1 atom stereocenters. The lowest BCUT2D eigenvalue weighted by atomic mass is 9.95. The van der Waals surface area contributed by atoms with E-state index in [4.69, 9.17) is 9.26 Å². The van der Waals surface area contributed by atoms with Crippen LogP contribution in [-0.4, -0.2) is 28.7 Å². The van der Waals surface area contributed by atoms with E-state index in [1.807, 2.05) is 12.1 Å². The number of aromatic nitrogens is 2. The van der Waals surface area contributed by atoms with E-state index < -0.39 is 0 Å². The smallest absolute Gasteiger partial charge is 0.252 e. The Kier molecular flexibility index (Phi) is 4.80. The summed E-state index contributed by atoms with van der Waals surface area (Å²) in [6.07, 6.45) is 3.40. The van der Waals surface area contributed by atoms with Crippen LogP contribution in [0, 0.1) is 5.82 Å². The first kappa shape index (κ1) is 15.1. The van der Waals surface area contributed by atoms with Crippen molar-refractivity contribution >= 4 is 0 Å². The number of rotatable bonds is 5. The van der Waals surface area contributed by atoms with Crippen LogP contribution in [0.1, 0.15) is 42.6 Å². The standard InChI is InChI=1S/C16H20FN3O2/c1-21-11-16-18-15(19-22-16)10-20-9-3-2-4-14(20)12-5-7-13(17)8-6-12/h5-8,14H,2-4,9-11H2,1H3. The van der Waals surface area contributed by atoms with Crippen molar-refractivity contribution in [3.05, 3.63) is 47.4 Å². The Bertz CT molecular complexity index is 600. The fourth-order valence-corrected chi connectivity index (χ4v) is 2.96. The average molecular weight is 305 g/mol. The molecular weight excluding hydrogens is 285 g/mol. The molecule has 0 N–H and O–H groups in total. The maximum atomic E-state index is 13.1. The fourth-order valence-electron chi connectivity index (χ4n) is 2.96. The second kappa shape index (κ2) is 6.98. The first-order chi connectivity index (χ1) is 10.8. The summed E-state index contributed by atoms with van der Waals surface area (Å²) in [5, 5.41) is 4.00. The number of hydrogen-bond acceptors (Lipinski definition) is 5. The molecular formula is C16H20FN3O2. The van der Waals surface area contributed by atoms with Gasteiger partial charge < -0.3 is 9.26 Å². The number of nitrogens with zero attached hydrogens (tertiary/aromatic N) is 3. The number of ether oxygens (including phenoxy) is 1. The van der Waals surface area contributed by atoms with E-state index in [-0.39, 0.29) is 11.9 Å². The van der Waals surface area contributed by atoms with Crippen LogP contribution in [0.25, 0.3) is 0 Å². The summed E-state index contributed by atoms with van der Waals surface area (Å²) >= 11 is 0. The van der Waals surface area contributed by atoms with E-state index in [1.54, 1.807) is 7.11 Å². The Labute approximate surface area is 129 Å². The van der Waals surface area contributed by atoms with Crippen molar-refractivity contribution in [2.75, 3.05) is 13.7 Å². The monoisotopic (exact) mass is 305 g/mol. The molecule has 1 saturated heterocycles. The molecule has 1 aromatic carbocycles. The van der Waals surface area contributed by atoms with E-state index in [2.05, 4.69) is 15.0 Å². The van der Waals surface area contributed by atoms with Gasteiger partial charge in [0, 0.05) is 13.2 Å². The lowest BCUT2D eigenvalue weighted by Crippen LogP contribution is -2.33. The predicted molar refractivity (Wildman–Crippen MR) is 78.4 cm³/mol. The van der Waals surface area contributed by atoms with Crippen LogP contribution < -0.4 is 0 Å². The highest BCUT2D eigenvalue weighted by Gasteiger charge is 2.25. The minimum atomic E-state index is -0.200. The minimum absolute atomic E-state index is 0.200. The summed E-state index contributed by atoms with van der Waals surface area (Å²) < 4.78 is 23.2. The van der Waals surface area contributed by atoms with Crippen LogP contribution in [0.4, 0.5) is 4.39 Å². The Morgan fingerprint density at radius 2 is 2.14 bits per heavy atom. The number of halogens is 1. The maximum Gasteiger partial charge on any atom is 0.252 e. The highest BCUT2D eigenvalue weighted by molar-refractivity contribution is 5.20. The van der Waals surface area contributed by atoms with Crippen LogP contribution in [0.2, 0.25) is 0 Å².